The molecule has 42 heavy (non-hydrogen) atoms. The van der Waals surface area contributed by atoms with E-state index in [2.05, 4.69) is 15.6 Å². The van der Waals surface area contributed by atoms with Gasteiger partial charge in [-0.3, -0.25) is 19.4 Å². The average Bonchev–Trinajstić information content (AvgIpc) is 3.54. The van der Waals surface area contributed by atoms with Crippen LogP contribution >= 0.6 is 0 Å². The summed E-state index contributed by atoms with van der Waals surface area (Å²) in [4.78, 5) is 45.3. The molecule has 216 valence electrons. The summed E-state index contributed by atoms with van der Waals surface area (Å²) in [6.45, 7) is 0.573. The minimum atomic E-state index is -0.557. The molecular formula is C32H31FN4O5. The van der Waals surface area contributed by atoms with Gasteiger partial charge in [-0.25, -0.2) is 4.39 Å². The van der Waals surface area contributed by atoms with Gasteiger partial charge < -0.3 is 25.0 Å². The Balaban J connectivity index is 1.32. The number of ether oxygens (including phenoxy) is 2. The fourth-order valence-corrected chi connectivity index (χ4v) is 5.59. The zero-order chi connectivity index (χ0) is 29.1. The Bertz CT molecular complexity index is 1530. The van der Waals surface area contributed by atoms with E-state index in [0.29, 0.717) is 48.2 Å². The molecule has 3 aliphatic rings. The molecule has 6 bridgehead atoms. The van der Waals surface area contributed by atoms with Crippen LogP contribution in [0.5, 0.6) is 11.5 Å². The second-order valence-electron chi connectivity index (χ2n) is 10.8. The van der Waals surface area contributed by atoms with Crippen LogP contribution in [0.25, 0.3) is 11.1 Å². The summed E-state index contributed by atoms with van der Waals surface area (Å²) in [6.07, 6.45) is 8.51. The summed E-state index contributed by atoms with van der Waals surface area (Å²) in [7, 11) is 0. The van der Waals surface area contributed by atoms with E-state index < -0.39 is 18.0 Å². The van der Waals surface area contributed by atoms with Crippen LogP contribution in [0, 0.1) is 11.7 Å². The number of fused-ring (bicyclic) bond motifs is 8. The number of likely N-dealkylation sites (tertiary alicyclic amines) is 1. The lowest BCUT2D eigenvalue weighted by Crippen LogP contribution is -2.58. The number of halogens is 1. The SMILES string of the molecule is O=C1COc2cccc(c2)-c2cncc(c2)C(=O)N[C@@H]2CN(C(=O)C3CC=CC3)CC[C@@H]2Oc2cc(F)cc(c2)CN1. The monoisotopic (exact) mass is 570 g/mol. The van der Waals surface area contributed by atoms with Crippen LogP contribution in [0.3, 0.4) is 0 Å². The van der Waals surface area contributed by atoms with E-state index in [9.17, 15) is 18.8 Å². The van der Waals surface area contributed by atoms with Crippen molar-refractivity contribution in [2.75, 3.05) is 19.7 Å². The molecule has 2 N–H and O–H groups in total. The van der Waals surface area contributed by atoms with Crippen LogP contribution in [0.1, 0.15) is 35.2 Å². The third-order valence-electron chi connectivity index (χ3n) is 7.78. The Labute approximate surface area is 242 Å². The molecule has 10 heteroatoms. The summed E-state index contributed by atoms with van der Waals surface area (Å²) < 4.78 is 26.5. The molecule has 1 aromatic heterocycles. The van der Waals surface area contributed by atoms with Gasteiger partial charge in [0, 0.05) is 56.0 Å². The highest BCUT2D eigenvalue weighted by Crippen LogP contribution is 2.27. The van der Waals surface area contributed by atoms with E-state index in [4.69, 9.17) is 9.47 Å². The highest BCUT2D eigenvalue weighted by Gasteiger charge is 2.36. The molecule has 6 rings (SSSR count). The third-order valence-corrected chi connectivity index (χ3v) is 7.78. The minimum absolute atomic E-state index is 0.0535. The molecule has 3 aromatic rings. The zero-order valence-electron chi connectivity index (χ0n) is 22.9. The molecule has 0 spiro atoms. The highest BCUT2D eigenvalue weighted by molar-refractivity contribution is 5.95. The number of hydrogen-bond donors (Lipinski definition) is 2. The number of allylic oxidation sites excluding steroid dienone is 2. The van der Waals surface area contributed by atoms with Crippen LogP contribution in [0.4, 0.5) is 4.39 Å². The van der Waals surface area contributed by atoms with E-state index in [1.807, 2.05) is 18.2 Å². The highest BCUT2D eigenvalue weighted by atomic mass is 19.1. The average molecular weight is 571 g/mol. The number of benzene rings is 2. The molecule has 2 aromatic carbocycles. The van der Waals surface area contributed by atoms with E-state index in [-0.39, 0.29) is 49.1 Å². The van der Waals surface area contributed by atoms with Crippen molar-refractivity contribution in [3.63, 3.8) is 0 Å². The number of carbonyl (C=O) groups is 3. The van der Waals surface area contributed by atoms with Crippen molar-refractivity contribution >= 4 is 17.7 Å². The van der Waals surface area contributed by atoms with Gasteiger partial charge >= 0.3 is 0 Å². The van der Waals surface area contributed by atoms with Gasteiger partial charge in [0.25, 0.3) is 11.8 Å². The first-order valence-corrected chi connectivity index (χ1v) is 14.1. The quantitative estimate of drug-likeness (QED) is 0.433. The van der Waals surface area contributed by atoms with Gasteiger partial charge in [-0.05, 0) is 54.3 Å². The van der Waals surface area contributed by atoms with Crippen LogP contribution < -0.4 is 20.1 Å². The lowest BCUT2D eigenvalue weighted by molar-refractivity contribution is -0.137. The van der Waals surface area contributed by atoms with Crippen molar-refractivity contribution in [2.24, 2.45) is 5.92 Å². The number of nitrogens with one attached hydrogen (secondary N) is 2. The number of carbonyl (C=O) groups excluding carboxylic acids is 3. The number of piperidine rings is 1. The fraction of sp³-hybridized carbons (Fsp3) is 0.312. The number of aromatic nitrogens is 1. The Morgan fingerprint density at radius 1 is 0.976 bits per heavy atom. The predicted molar refractivity (Wildman–Crippen MR) is 152 cm³/mol. The normalized spacial score (nSPS) is 21.0. The number of amides is 3. The van der Waals surface area contributed by atoms with Crippen molar-refractivity contribution in [2.45, 2.75) is 38.0 Å². The fourth-order valence-electron chi connectivity index (χ4n) is 5.59. The van der Waals surface area contributed by atoms with E-state index in [1.165, 1.54) is 18.3 Å². The standard InChI is InChI=1S/C32H31FN4O5/c33-25-10-20-11-27(14-25)42-29-8-9-37(32(40)21-4-1-2-5-21)18-28(29)36-31(39)24-12-23(16-34-17-24)22-6-3-7-26(13-22)41-19-30(38)35-15-20/h1-3,6-7,10-14,16-17,21,28-29H,4-5,8-9,15,18-19H2,(H,35,38)(H,36,39)/t28-,29+/m1/s1. The minimum Gasteiger partial charge on any atom is -0.488 e. The van der Waals surface area contributed by atoms with Crippen LogP contribution in [0.15, 0.2) is 73.1 Å². The lowest BCUT2D eigenvalue weighted by atomic mass is 9.98. The first kappa shape index (κ1) is 27.4. The number of hydrogen-bond acceptors (Lipinski definition) is 6. The molecule has 3 heterocycles. The summed E-state index contributed by atoms with van der Waals surface area (Å²) in [5.74, 6) is -0.527. The Morgan fingerprint density at radius 2 is 1.81 bits per heavy atom. The van der Waals surface area contributed by atoms with E-state index in [0.717, 1.165) is 5.56 Å². The maximum atomic E-state index is 14.6. The first-order valence-electron chi connectivity index (χ1n) is 14.1. The van der Waals surface area contributed by atoms with Crippen LogP contribution in [-0.2, 0) is 16.1 Å². The molecule has 0 unspecified atom stereocenters. The maximum Gasteiger partial charge on any atom is 0.258 e. The lowest BCUT2D eigenvalue weighted by Gasteiger charge is -2.39. The van der Waals surface area contributed by atoms with Crippen LogP contribution in [-0.4, -0.2) is 59.4 Å². The van der Waals surface area contributed by atoms with E-state index in [1.54, 1.807) is 41.4 Å². The molecule has 9 nitrogen and oxygen atoms in total. The molecular weight excluding hydrogens is 539 g/mol. The topological polar surface area (TPSA) is 110 Å². The van der Waals surface area contributed by atoms with E-state index >= 15 is 0 Å². The van der Waals surface area contributed by atoms with Gasteiger partial charge in [0.15, 0.2) is 6.61 Å². The number of pyridine rings is 1. The molecule has 0 saturated carbocycles. The first-order chi connectivity index (χ1) is 20.4. The van der Waals surface area contributed by atoms with Gasteiger partial charge in [-0.15, -0.1) is 0 Å². The summed E-state index contributed by atoms with van der Waals surface area (Å²) in [5, 5.41) is 5.81. The second kappa shape index (κ2) is 12.0. The van der Waals surface area contributed by atoms with Crippen molar-refractivity contribution in [3.05, 3.63) is 90.0 Å². The van der Waals surface area contributed by atoms with Gasteiger partial charge in [-0.1, -0.05) is 24.3 Å². The Kier molecular flexibility index (Phi) is 7.85. The van der Waals surface area contributed by atoms with Crippen molar-refractivity contribution in [1.82, 2.24) is 20.5 Å². The largest absolute Gasteiger partial charge is 0.488 e. The second-order valence-corrected chi connectivity index (χ2v) is 10.8. The molecule has 0 radical (unpaired) electrons. The van der Waals surface area contributed by atoms with Crippen molar-refractivity contribution in [3.8, 4) is 22.6 Å². The third kappa shape index (κ3) is 6.27. The maximum absolute atomic E-state index is 14.6. The number of rotatable bonds is 1. The molecule has 1 aliphatic carbocycles. The summed E-state index contributed by atoms with van der Waals surface area (Å²) >= 11 is 0. The Morgan fingerprint density at radius 3 is 2.67 bits per heavy atom. The van der Waals surface area contributed by atoms with Gasteiger partial charge in [0.05, 0.1) is 11.6 Å². The van der Waals surface area contributed by atoms with Crippen LogP contribution in [0.2, 0.25) is 0 Å². The molecule has 1 fully saturated rings. The Hall–Kier alpha value is -4.73. The van der Waals surface area contributed by atoms with Gasteiger partial charge in [0.1, 0.15) is 23.4 Å². The molecule has 2 atom stereocenters. The summed E-state index contributed by atoms with van der Waals surface area (Å²) in [6, 6.07) is 12.6. The van der Waals surface area contributed by atoms with Crippen molar-refractivity contribution < 1.29 is 28.2 Å². The predicted octanol–water partition coefficient (Wildman–Crippen LogP) is 3.64. The van der Waals surface area contributed by atoms with Crippen molar-refractivity contribution in [1.29, 1.82) is 0 Å². The summed E-state index contributed by atoms with van der Waals surface area (Å²) in [5.41, 5.74) is 2.32. The van der Waals surface area contributed by atoms with Gasteiger partial charge in [-0.2, -0.15) is 0 Å². The zero-order valence-corrected chi connectivity index (χ0v) is 22.9. The molecule has 1 saturated heterocycles. The van der Waals surface area contributed by atoms with Gasteiger partial charge in [0.2, 0.25) is 5.91 Å². The number of nitrogens with zero attached hydrogens (tertiary/aromatic N) is 2. The molecule has 3 amide bonds. The smallest absolute Gasteiger partial charge is 0.258 e. The molecule has 2 aliphatic heterocycles.